The predicted molar refractivity (Wildman–Crippen MR) is 103 cm³/mol. The lowest BCUT2D eigenvalue weighted by Gasteiger charge is -2.33. The van der Waals surface area contributed by atoms with Crippen LogP contribution in [0, 0.1) is 5.92 Å². The molecule has 2 fully saturated rings. The Kier molecular flexibility index (Phi) is 8.93. The van der Waals surface area contributed by atoms with Gasteiger partial charge in [-0.3, -0.25) is 19.5 Å². The highest BCUT2D eigenvalue weighted by Gasteiger charge is 2.29. The molecular weight excluding hydrogens is 441 g/mol. The van der Waals surface area contributed by atoms with Crippen molar-refractivity contribution in [1.29, 1.82) is 0 Å². The van der Waals surface area contributed by atoms with Crippen molar-refractivity contribution in [2.75, 3.05) is 46.4 Å². The number of hydrogen-bond acceptors (Lipinski definition) is 5. The standard InChI is InChI=1S/C15H25N5O4.HI/c1-3-16-14(17-6-9-20-12(21)10-18-15(20)23)19-7-4-11(5-8-19)13(22)24-2;/h11H,3-10H2,1-2H3,(H,16,17)(H,18,23);1H. The van der Waals surface area contributed by atoms with Gasteiger partial charge in [0.25, 0.3) is 0 Å². The summed E-state index contributed by atoms with van der Waals surface area (Å²) in [4.78, 5) is 42.4. The van der Waals surface area contributed by atoms with Gasteiger partial charge in [0, 0.05) is 19.6 Å². The summed E-state index contributed by atoms with van der Waals surface area (Å²) in [5.41, 5.74) is 0. The zero-order chi connectivity index (χ0) is 17.5. The number of likely N-dealkylation sites (tertiary alicyclic amines) is 1. The Balaban J connectivity index is 0.00000312. The molecule has 142 valence electrons. The van der Waals surface area contributed by atoms with Gasteiger partial charge in [-0.25, -0.2) is 4.79 Å². The van der Waals surface area contributed by atoms with E-state index in [4.69, 9.17) is 4.74 Å². The van der Waals surface area contributed by atoms with Crippen molar-refractivity contribution in [2.45, 2.75) is 19.8 Å². The van der Waals surface area contributed by atoms with Crippen molar-refractivity contribution in [1.82, 2.24) is 20.4 Å². The Labute approximate surface area is 164 Å². The number of carbonyl (C=O) groups is 3. The quantitative estimate of drug-likeness (QED) is 0.194. The Morgan fingerprint density at radius 2 is 2.04 bits per heavy atom. The molecule has 0 aromatic rings. The number of halogens is 1. The third-order valence-electron chi connectivity index (χ3n) is 4.19. The number of esters is 1. The van der Waals surface area contributed by atoms with E-state index in [0.717, 1.165) is 25.3 Å². The Morgan fingerprint density at radius 3 is 2.56 bits per heavy atom. The first-order valence-corrected chi connectivity index (χ1v) is 8.26. The molecule has 0 aromatic carbocycles. The Morgan fingerprint density at radius 1 is 1.36 bits per heavy atom. The van der Waals surface area contributed by atoms with Gasteiger partial charge in [0.1, 0.15) is 0 Å². The molecule has 2 rings (SSSR count). The van der Waals surface area contributed by atoms with Crippen molar-refractivity contribution in [3.8, 4) is 0 Å². The van der Waals surface area contributed by atoms with Crippen LogP contribution in [0.3, 0.4) is 0 Å². The number of aliphatic imine (C=N–C) groups is 1. The minimum absolute atomic E-state index is 0. The molecule has 3 amide bonds. The fraction of sp³-hybridized carbons (Fsp3) is 0.733. The molecule has 2 heterocycles. The molecular formula is C15H26IN5O4. The summed E-state index contributed by atoms with van der Waals surface area (Å²) in [5, 5.41) is 5.70. The van der Waals surface area contributed by atoms with Gasteiger partial charge in [0.2, 0.25) is 5.91 Å². The number of guanidine groups is 1. The topological polar surface area (TPSA) is 103 Å². The highest BCUT2D eigenvalue weighted by molar-refractivity contribution is 14.0. The molecule has 0 aliphatic carbocycles. The molecule has 25 heavy (non-hydrogen) atoms. The first kappa shape index (κ1) is 21.5. The molecule has 2 aliphatic heterocycles. The second kappa shape index (κ2) is 10.4. The molecule has 0 spiro atoms. The SMILES string of the molecule is CCNC(=NCCN1C(=O)CNC1=O)N1CCC(C(=O)OC)CC1.I. The van der Waals surface area contributed by atoms with Crippen molar-refractivity contribution in [3.63, 3.8) is 0 Å². The number of piperidine rings is 1. The van der Waals surface area contributed by atoms with Gasteiger partial charge in [0.05, 0.1) is 32.7 Å². The van der Waals surface area contributed by atoms with E-state index in [0.29, 0.717) is 19.6 Å². The number of carbonyl (C=O) groups excluding carboxylic acids is 3. The van der Waals surface area contributed by atoms with E-state index in [1.807, 2.05) is 6.92 Å². The lowest BCUT2D eigenvalue weighted by Crippen LogP contribution is -2.47. The van der Waals surface area contributed by atoms with Crippen LogP contribution < -0.4 is 10.6 Å². The maximum Gasteiger partial charge on any atom is 0.324 e. The Bertz CT molecular complexity index is 504. The maximum absolute atomic E-state index is 11.6. The fourth-order valence-corrected chi connectivity index (χ4v) is 2.86. The fourth-order valence-electron chi connectivity index (χ4n) is 2.86. The zero-order valence-electron chi connectivity index (χ0n) is 14.6. The van der Waals surface area contributed by atoms with E-state index < -0.39 is 0 Å². The van der Waals surface area contributed by atoms with Gasteiger partial charge in [-0.15, -0.1) is 24.0 Å². The molecule has 0 aromatic heterocycles. The van der Waals surface area contributed by atoms with Gasteiger partial charge in [-0.2, -0.15) is 0 Å². The van der Waals surface area contributed by atoms with Gasteiger partial charge in [0.15, 0.2) is 5.96 Å². The maximum atomic E-state index is 11.6. The van der Waals surface area contributed by atoms with E-state index in [9.17, 15) is 14.4 Å². The van der Waals surface area contributed by atoms with E-state index >= 15 is 0 Å². The van der Waals surface area contributed by atoms with E-state index in [2.05, 4.69) is 20.5 Å². The van der Waals surface area contributed by atoms with E-state index in [1.54, 1.807) is 0 Å². The number of imide groups is 1. The van der Waals surface area contributed by atoms with Crippen LogP contribution in [-0.4, -0.2) is 80.0 Å². The largest absolute Gasteiger partial charge is 0.469 e. The summed E-state index contributed by atoms with van der Waals surface area (Å²) in [5.74, 6) is 0.308. The predicted octanol–water partition coefficient (Wildman–Crippen LogP) is 0.00670. The summed E-state index contributed by atoms with van der Waals surface area (Å²) < 4.78 is 4.80. The van der Waals surface area contributed by atoms with Gasteiger partial charge in [-0.1, -0.05) is 0 Å². The number of amides is 3. The van der Waals surface area contributed by atoms with Gasteiger partial charge >= 0.3 is 12.0 Å². The van der Waals surface area contributed by atoms with E-state index in [-0.39, 0.29) is 60.9 Å². The molecule has 2 saturated heterocycles. The number of rotatable bonds is 5. The smallest absolute Gasteiger partial charge is 0.324 e. The summed E-state index contributed by atoms with van der Waals surface area (Å²) in [6.45, 7) is 4.80. The number of hydrogen-bond donors (Lipinski definition) is 2. The molecule has 10 heteroatoms. The van der Waals surface area contributed by atoms with Crippen LogP contribution in [0.5, 0.6) is 0 Å². The monoisotopic (exact) mass is 467 g/mol. The van der Waals surface area contributed by atoms with Gasteiger partial charge < -0.3 is 20.3 Å². The molecule has 0 atom stereocenters. The summed E-state index contributed by atoms with van der Waals surface area (Å²) >= 11 is 0. The Hall–Kier alpha value is -1.59. The van der Waals surface area contributed by atoms with Crippen LogP contribution in [0.1, 0.15) is 19.8 Å². The van der Waals surface area contributed by atoms with Crippen LogP contribution in [0.2, 0.25) is 0 Å². The lowest BCUT2D eigenvalue weighted by molar-refractivity contribution is -0.146. The second-order valence-electron chi connectivity index (χ2n) is 5.72. The summed E-state index contributed by atoms with van der Waals surface area (Å²) in [7, 11) is 1.41. The minimum atomic E-state index is -0.362. The van der Waals surface area contributed by atoms with Crippen molar-refractivity contribution in [3.05, 3.63) is 0 Å². The summed E-state index contributed by atoms with van der Waals surface area (Å²) in [6.07, 6.45) is 1.45. The second-order valence-corrected chi connectivity index (χ2v) is 5.72. The lowest BCUT2D eigenvalue weighted by atomic mass is 9.97. The van der Waals surface area contributed by atoms with Crippen LogP contribution in [-0.2, 0) is 14.3 Å². The van der Waals surface area contributed by atoms with E-state index in [1.165, 1.54) is 12.0 Å². The van der Waals surface area contributed by atoms with Crippen LogP contribution in [0.15, 0.2) is 4.99 Å². The minimum Gasteiger partial charge on any atom is -0.469 e. The normalized spacial score (nSPS) is 18.7. The van der Waals surface area contributed by atoms with Crippen LogP contribution in [0.25, 0.3) is 0 Å². The molecule has 0 saturated carbocycles. The van der Waals surface area contributed by atoms with Crippen LogP contribution in [0.4, 0.5) is 4.79 Å². The molecule has 2 aliphatic rings. The number of ether oxygens (including phenoxy) is 1. The number of nitrogens with one attached hydrogen (secondary N) is 2. The highest BCUT2D eigenvalue weighted by atomic mass is 127. The molecule has 0 unspecified atom stereocenters. The molecule has 2 N–H and O–H groups in total. The molecule has 0 radical (unpaired) electrons. The highest BCUT2D eigenvalue weighted by Crippen LogP contribution is 2.18. The van der Waals surface area contributed by atoms with Crippen molar-refractivity contribution >= 4 is 47.8 Å². The van der Waals surface area contributed by atoms with Gasteiger partial charge in [-0.05, 0) is 19.8 Å². The summed E-state index contributed by atoms with van der Waals surface area (Å²) in [6, 6.07) is -0.362. The van der Waals surface area contributed by atoms with Crippen molar-refractivity contribution in [2.24, 2.45) is 10.9 Å². The first-order chi connectivity index (χ1) is 11.6. The average molecular weight is 467 g/mol. The molecule has 9 nitrogen and oxygen atoms in total. The third-order valence-corrected chi connectivity index (χ3v) is 4.19. The first-order valence-electron chi connectivity index (χ1n) is 8.26. The van der Waals surface area contributed by atoms with Crippen LogP contribution >= 0.6 is 24.0 Å². The number of nitrogens with zero attached hydrogens (tertiary/aromatic N) is 3. The third kappa shape index (κ3) is 5.72. The number of urea groups is 1. The number of methoxy groups -OCH3 is 1. The average Bonchev–Trinajstić information content (AvgIpc) is 2.92. The molecule has 0 bridgehead atoms. The van der Waals surface area contributed by atoms with Crippen molar-refractivity contribution < 1.29 is 19.1 Å². The zero-order valence-corrected chi connectivity index (χ0v) is 16.9.